The molecule has 18 radical (unpaired) electrons. The molecular weight excluding hydrogens is 1500 g/mol. The number of carbonyl (C=O) groups is 6. The molecule has 5 unspecified atom stereocenters. The van der Waals surface area contributed by atoms with Crippen LogP contribution in [-0.2, 0) is 111 Å². The predicted molar refractivity (Wildman–Crippen MR) is 380 cm³/mol. The van der Waals surface area contributed by atoms with Crippen molar-refractivity contribution in [3.63, 3.8) is 0 Å². The summed E-state index contributed by atoms with van der Waals surface area (Å²) in [5.41, 5.74) is 1.96. The Morgan fingerprint density at radius 3 is 1.11 bits per heavy atom. The fourth-order valence-corrected chi connectivity index (χ4v) is 15.2. The van der Waals surface area contributed by atoms with Crippen LogP contribution < -0.4 is 14.2 Å². The van der Waals surface area contributed by atoms with Gasteiger partial charge in [-0.15, -0.1) is 0 Å². The lowest BCUT2D eigenvalue weighted by atomic mass is 9.44. The Morgan fingerprint density at radius 1 is 0.440 bits per heavy atom. The molecule has 0 aromatic heterocycles. The van der Waals surface area contributed by atoms with E-state index in [0.29, 0.717) is 59.6 Å². The van der Waals surface area contributed by atoms with Gasteiger partial charge in [0.1, 0.15) is 17.2 Å². The molecule has 21 nitrogen and oxygen atoms in total. The molecule has 4 aliphatic carbocycles. The predicted octanol–water partition coefficient (Wildman–Crippen LogP) is 6.50. The summed E-state index contributed by atoms with van der Waals surface area (Å²) in [4.78, 5) is 77.3. The number of alkyl halides is 8. The summed E-state index contributed by atoms with van der Waals surface area (Å²) >= 11 is 0. The quantitative estimate of drug-likeness (QED) is 0.0133. The van der Waals surface area contributed by atoms with Crippen molar-refractivity contribution in [2.75, 3.05) is 11.5 Å². The van der Waals surface area contributed by atoms with Crippen LogP contribution in [0.1, 0.15) is 137 Å². The van der Waals surface area contributed by atoms with Gasteiger partial charge in [-0.1, -0.05) is 134 Å². The number of hydrogen-bond acceptors (Lipinski definition) is 21. The fourth-order valence-electron chi connectivity index (χ4n) is 13.5. The number of halogens is 8. The molecule has 0 heterocycles. The van der Waals surface area contributed by atoms with E-state index in [2.05, 4.69) is 14.2 Å². The zero-order valence-electron chi connectivity index (χ0n) is 57.7. The molecule has 109 heavy (non-hydrogen) atoms. The van der Waals surface area contributed by atoms with E-state index >= 15 is 0 Å². The summed E-state index contributed by atoms with van der Waals surface area (Å²) in [6.07, 6.45) is -16.7. The normalized spacial score (nSPS) is 18.5. The molecule has 6 aromatic carbocycles. The molecule has 0 saturated heterocycles. The molecule has 4 fully saturated rings. The van der Waals surface area contributed by atoms with Gasteiger partial charge in [0.15, 0.2) is 16.2 Å². The number of benzene rings is 6. The second-order valence-electron chi connectivity index (χ2n) is 25.9. The molecule has 0 spiro atoms. The van der Waals surface area contributed by atoms with Gasteiger partial charge in [0.25, 0.3) is 0 Å². The van der Waals surface area contributed by atoms with Gasteiger partial charge >= 0.3 is 53.4 Å². The Kier molecular flexibility index (Phi) is 28.9. The highest BCUT2D eigenvalue weighted by atomic mass is 32.2. The topological polar surface area (TPSA) is 329 Å². The molecule has 0 N–H and O–H groups in total. The highest BCUT2D eigenvalue weighted by Crippen LogP contribution is 2.66. The largest absolute Gasteiger partial charge is 0.748 e. The number of hydrogen-bond donors (Lipinski definition) is 0. The Morgan fingerprint density at radius 2 is 0.771 bits per heavy atom. The molecule has 10 rings (SSSR count). The summed E-state index contributed by atoms with van der Waals surface area (Å²) in [5, 5.41) is -4.48. The van der Waals surface area contributed by atoms with E-state index < -0.39 is 130 Å². The summed E-state index contributed by atoms with van der Waals surface area (Å²) in [7, 11) is 35.1. The van der Waals surface area contributed by atoms with Gasteiger partial charge in [-0.05, 0) is 138 Å². The first kappa shape index (κ1) is 88.4. The molecule has 4 aliphatic rings. The number of fused-ring (bicyclic) bond motifs is 1. The lowest BCUT2D eigenvalue weighted by Gasteiger charge is -2.59. The van der Waals surface area contributed by atoms with E-state index in [0.717, 1.165) is 41.0 Å². The average molecular weight is 1560 g/mol. The third-order valence-corrected chi connectivity index (χ3v) is 20.6. The van der Waals surface area contributed by atoms with Crippen molar-refractivity contribution in [3.05, 3.63) is 169 Å². The van der Waals surface area contributed by atoms with E-state index in [1.54, 1.807) is 36.4 Å². The highest BCUT2D eigenvalue weighted by Gasteiger charge is 2.65. The second kappa shape index (κ2) is 35.7. The standard InChI is InChI=1S/C24H26B3F3O7S.C24H19B3F2O7S.C20H16B3F3O7S/c25-8-13-2-16(9-26)19(17(3-13)10-27)37-21(32)23-6-14-1-15(7-23)5-22(4-14,12-23)20(31)36-18(24(28,29)30)11-38(33,34)35;1-13(24(28,29)37(32,33)34)35-22(30)19-6-2-5-18-17(19)4-3-7-20(18)23(31)36-21-15(11-26)8-14(10-25)9-16(21)12-27;21-7-11-5-14(8-22)17(15(6-11)9-23)33-19(28)13-3-1-12(2-4-13)18(27)32-16(20(24,25)26)10-34(29,30)31/h2-3,14-15,18H,1,4-12H2,(H,33,34,35);2-9,13H,10-12H2,1H3,(H,32,33,34);1-6,16H,7-10H2,(H,29,30,31)/p-3. The maximum absolute atomic E-state index is 13.8. The summed E-state index contributed by atoms with van der Waals surface area (Å²) in [6.45, 7) is 0.585. The lowest BCUT2D eigenvalue weighted by molar-refractivity contribution is -0.230. The Balaban J connectivity index is 0.000000228. The molecule has 0 amide bonds. The number of carbonyl (C=O) groups excluding carboxylic acids is 6. The van der Waals surface area contributed by atoms with Crippen LogP contribution in [-0.4, -0.2) is 193 Å². The van der Waals surface area contributed by atoms with Crippen molar-refractivity contribution >= 4 is 148 Å². The van der Waals surface area contributed by atoms with Gasteiger partial charge in [0.05, 0.1) is 135 Å². The minimum Gasteiger partial charge on any atom is -0.748 e. The maximum Gasteiger partial charge on any atom is 0.426 e. The van der Waals surface area contributed by atoms with Crippen LogP contribution in [0, 0.1) is 22.7 Å². The van der Waals surface area contributed by atoms with Crippen LogP contribution in [0.4, 0.5) is 35.1 Å². The third kappa shape index (κ3) is 21.6. The van der Waals surface area contributed by atoms with E-state index in [-0.39, 0.29) is 133 Å². The number of rotatable bonds is 27. The zero-order chi connectivity index (χ0) is 81.3. The van der Waals surface area contributed by atoms with Gasteiger partial charge in [0, 0.05) is 0 Å². The van der Waals surface area contributed by atoms with E-state index in [1.165, 1.54) is 36.4 Å². The Hall–Kier alpha value is -7.85. The minimum atomic E-state index is -6.08. The van der Waals surface area contributed by atoms with Gasteiger partial charge in [0.2, 0.25) is 12.2 Å². The molecule has 4 saturated carbocycles. The van der Waals surface area contributed by atoms with Gasteiger partial charge < -0.3 is 42.1 Å². The smallest absolute Gasteiger partial charge is 0.426 e. The van der Waals surface area contributed by atoms with Crippen LogP contribution in [0.15, 0.2) is 97.1 Å². The molecule has 0 aliphatic heterocycles. The molecule has 6 aromatic rings. The first-order valence-electron chi connectivity index (χ1n) is 32.8. The second-order valence-corrected chi connectivity index (χ2v) is 30.3. The van der Waals surface area contributed by atoms with Crippen molar-refractivity contribution in [2.24, 2.45) is 22.7 Å². The van der Waals surface area contributed by atoms with Crippen LogP contribution in [0.2, 0.25) is 0 Å². The Bertz CT molecular complexity index is 4680. The Labute approximate surface area is 634 Å². The van der Waals surface area contributed by atoms with Crippen LogP contribution in [0.5, 0.6) is 17.2 Å². The number of esters is 6. The molecule has 560 valence electrons. The van der Waals surface area contributed by atoms with Crippen molar-refractivity contribution in [3.8, 4) is 17.2 Å². The number of ether oxygens (including phenoxy) is 6. The summed E-state index contributed by atoms with van der Waals surface area (Å²) < 4.78 is 235. The van der Waals surface area contributed by atoms with E-state index in [9.17, 15) is 103 Å². The molecule has 41 heteroatoms. The third-order valence-electron chi connectivity index (χ3n) is 18.2. The van der Waals surface area contributed by atoms with Gasteiger partial charge in [-0.3, -0.25) is 9.59 Å². The SMILES string of the molecule is [B]Cc1cc(C[B])c(OC(=O)C23CC4CC(C2)CC(C(=O)OC(CS(=O)(=O)[O-])C(F)(F)F)(C4)C3)c(C[B])c1.[B]Cc1cc(C[B])c(OC(=O)c2ccc(C(=O)OC(CS(=O)(=O)[O-])C(F)(F)F)cc2)c(C[B])c1.[B]Cc1cc(C[B])c(OC(=O)c2cccc3c(C(=O)OC(C)C(F)(F)S(=O)(=O)[O-])cccc23)c(C[B])c1. The van der Waals surface area contributed by atoms with E-state index in [1.807, 2.05) is 0 Å². The van der Waals surface area contributed by atoms with Crippen LogP contribution in [0.25, 0.3) is 10.8 Å². The van der Waals surface area contributed by atoms with Crippen molar-refractivity contribution in [1.29, 1.82) is 0 Å². The van der Waals surface area contributed by atoms with E-state index in [4.69, 9.17) is 84.8 Å². The van der Waals surface area contributed by atoms with Crippen molar-refractivity contribution in [2.45, 2.75) is 138 Å². The minimum absolute atomic E-state index is 0.0215. The first-order valence-corrected chi connectivity index (χ1v) is 37.3. The highest BCUT2D eigenvalue weighted by molar-refractivity contribution is 7.87. The maximum atomic E-state index is 13.8. The zero-order valence-corrected chi connectivity index (χ0v) is 60.1. The summed E-state index contributed by atoms with van der Waals surface area (Å²) in [5.74, 6) is -10.0. The molecule has 4 bridgehead atoms. The van der Waals surface area contributed by atoms with Crippen LogP contribution in [0.3, 0.4) is 0 Å². The summed E-state index contributed by atoms with van der Waals surface area (Å²) in [6, 6.07) is 22.6. The molecule has 5 atom stereocenters. The average Bonchev–Trinajstić information content (AvgIpc) is 0.708. The van der Waals surface area contributed by atoms with Crippen molar-refractivity contribution < 1.29 is 131 Å². The van der Waals surface area contributed by atoms with Crippen LogP contribution >= 0.6 is 0 Å². The molecular formula is C68H58B9F8O21S3-3. The van der Waals surface area contributed by atoms with Gasteiger partial charge in [-0.25, -0.2) is 44.4 Å². The first-order chi connectivity index (χ1) is 50.8. The fraction of sp³-hybridized carbons (Fsp3) is 0.412. The van der Waals surface area contributed by atoms with Gasteiger partial charge in [-0.2, -0.15) is 35.1 Å². The van der Waals surface area contributed by atoms with Crippen molar-refractivity contribution in [1.82, 2.24) is 0 Å². The lowest BCUT2D eigenvalue weighted by Crippen LogP contribution is -2.59. The monoisotopic (exact) mass is 1560 g/mol.